The van der Waals surface area contributed by atoms with E-state index in [1.165, 1.54) is 77.9 Å². The van der Waals surface area contributed by atoms with Crippen molar-refractivity contribution >= 4 is 0 Å². The predicted molar refractivity (Wildman–Crippen MR) is 77.9 cm³/mol. The molecular formula is C15H31N3. The van der Waals surface area contributed by atoms with Gasteiger partial charge in [-0.15, -0.1) is 0 Å². The summed E-state index contributed by atoms with van der Waals surface area (Å²) in [6.07, 6.45) is 6.85. The lowest BCUT2D eigenvalue weighted by atomic mass is 9.98. The van der Waals surface area contributed by atoms with Crippen LogP contribution in [0.2, 0.25) is 0 Å². The van der Waals surface area contributed by atoms with Gasteiger partial charge in [-0.25, -0.2) is 0 Å². The van der Waals surface area contributed by atoms with Crippen LogP contribution in [0.15, 0.2) is 0 Å². The van der Waals surface area contributed by atoms with E-state index in [9.17, 15) is 0 Å². The van der Waals surface area contributed by atoms with Crippen LogP contribution in [0.25, 0.3) is 0 Å². The minimum atomic E-state index is 0.919. The number of nitrogens with one attached hydrogen (secondary N) is 2. The highest BCUT2D eigenvalue weighted by molar-refractivity contribution is 4.72. The minimum Gasteiger partial charge on any atom is -0.317 e. The fraction of sp³-hybridized carbons (Fsp3) is 1.00. The molecule has 2 aliphatic rings. The third kappa shape index (κ3) is 5.25. The molecule has 0 unspecified atom stereocenters. The first-order chi connectivity index (χ1) is 8.84. The summed E-state index contributed by atoms with van der Waals surface area (Å²) in [5, 5.41) is 7.08. The van der Waals surface area contributed by atoms with E-state index in [1.807, 2.05) is 0 Å². The van der Waals surface area contributed by atoms with Crippen molar-refractivity contribution in [3.05, 3.63) is 0 Å². The van der Waals surface area contributed by atoms with Crippen molar-refractivity contribution in [3.63, 3.8) is 0 Å². The summed E-state index contributed by atoms with van der Waals surface area (Å²) in [5.74, 6) is 1.88. The Bertz CT molecular complexity index is 206. The fourth-order valence-electron chi connectivity index (χ4n) is 3.11. The van der Waals surface area contributed by atoms with Crippen LogP contribution in [-0.2, 0) is 0 Å². The van der Waals surface area contributed by atoms with Crippen LogP contribution in [0, 0.1) is 11.8 Å². The van der Waals surface area contributed by atoms with Crippen LogP contribution >= 0.6 is 0 Å². The quantitative estimate of drug-likeness (QED) is 0.706. The first-order valence-corrected chi connectivity index (χ1v) is 7.98. The highest BCUT2D eigenvalue weighted by Gasteiger charge is 2.15. The molecule has 106 valence electrons. The summed E-state index contributed by atoms with van der Waals surface area (Å²) in [6.45, 7) is 11.2. The Morgan fingerprint density at radius 1 is 1.11 bits per heavy atom. The molecule has 0 aromatic carbocycles. The maximum atomic E-state index is 3.65. The van der Waals surface area contributed by atoms with Gasteiger partial charge in [0.25, 0.3) is 0 Å². The van der Waals surface area contributed by atoms with Gasteiger partial charge in [0, 0.05) is 0 Å². The van der Waals surface area contributed by atoms with Gasteiger partial charge >= 0.3 is 0 Å². The van der Waals surface area contributed by atoms with E-state index < -0.39 is 0 Å². The van der Waals surface area contributed by atoms with E-state index in [0.29, 0.717) is 0 Å². The Balaban J connectivity index is 1.43. The first-order valence-electron chi connectivity index (χ1n) is 7.98. The number of piperidine rings is 2. The average molecular weight is 253 g/mol. The third-order valence-corrected chi connectivity index (χ3v) is 4.60. The van der Waals surface area contributed by atoms with Gasteiger partial charge in [-0.05, 0) is 89.8 Å². The summed E-state index contributed by atoms with van der Waals surface area (Å²) in [4.78, 5) is 2.65. The van der Waals surface area contributed by atoms with Gasteiger partial charge in [0.1, 0.15) is 0 Å². The highest BCUT2D eigenvalue weighted by Crippen LogP contribution is 2.15. The molecular weight excluding hydrogens is 222 g/mol. The molecule has 0 amide bonds. The SMILES string of the molecule is CC1CCN(CCCNCC2CCNCC2)CC1. The van der Waals surface area contributed by atoms with Crippen molar-refractivity contribution in [2.75, 3.05) is 45.8 Å². The summed E-state index contributed by atoms with van der Waals surface area (Å²) in [7, 11) is 0. The van der Waals surface area contributed by atoms with Gasteiger partial charge in [-0.3, -0.25) is 0 Å². The van der Waals surface area contributed by atoms with Gasteiger partial charge < -0.3 is 15.5 Å². The van der Waals surface area contributed by atoms with Gasteiger partial charge in [-0.1, -0.05) is 6.92 Å². The summed E-state index contributed by atoms with van der Waals surface area (Å²) in [6, 6.07) is 0. The lowest BCUT2D eigenvalue weighted by Gasteiger charge is -2.30. The lowest BCUT2D eigenvalue weighted by molar-refractivity contribution is 0.190. The number of hydrogen-bond donors (Lipinski definition) is 2. The first kappa shape index (κ1) is 14.3. The lowest BCUT2D eigenvalue weighted by Crippen LogP contribution is -2.36. The summed E-state index contributed by atoms with van der Waals surface area (Å²) >= 11 is 0. The molecule has 2 heterocycles. The molecule has 0 spiro atoms. The molecule has 3 heteroatoms. The molecule has 0 bridgehead atoms. The molecule has 3 nitrogen and oxygen atoms in total. The van der Waals surface area contributed by atoms with E-state index in [-0.39, 0.29) is 0 Å². The molecule has 2 N–H and O–H groups in total. The highest BCUT2D eigenvalue weighted by atomic mass is 15.1. The molecule has 0 aromatic heterocycles. The number of nitrogens with zero attached hydrogens (tertiary/aromatic N) is 1. The molecule has 2 saturated heterocycles. The second-order valence-electron chi connectivity index (χ2n) is 6.28. The van der Waals surface area contributed by atoms with Crippen molar-refractivity contribution in [1.82, 2.24) is 15.5 Å². The Kier molecular flexibility index (Phi) is 6.46. The second kappa shape index (κ2) is 8.13. The number of rotatable bonds is 6. The zero-order valence-corrected chi connectivity index (χ0v) is 12.1. The van der Waals surface area contributed by atoms with Crippen LogP contribution in [0.5, 0.6) is 0 Å². The van der Waals surface area contributed by atoms with Crippen molar-refractivity contribution in [3.8, 4) is 0 Å². The van der Waals surface area contributed by atoms with E-state index in [2.05, 4.69) is 22.5 Å². The van der Waals surface area contributed by atoms with Gasteiger partial charge in [-0.2, -0.15) is 0 Å². The fourth-order valence-corrected chi connectivity index (χ4v) is 3.11. The maximum absolute atomic E-state index is 3.65. The molecule has 0 saturated carbocycles. The van der Waals surface area contributed by atoms with Crippen molar-refractivity contribution in [2.45, 2.75) is 39.0 Å². The molecule has 18 heavy (non-hydrogen) atoms. The monoisotopic (exact) mass is 253 g/mol. The smallest absolute Gasteiger partial charge is 0.000664 e. The number of hydrogen-bond acceptors (Lipinski definition) is 3. The van der Waals surface area contributed by atoms with E-state index in [0.717, 1.165) is 11.8 Å². The van der Waals surface area contributed by atoms with Crippen LogP contribution in [0.1, 0.15) is 39.0 Å². The third-order valence-electron chi connectivity index (χ3n) is 4.60. The van der Waals surface area contributed by atoms with Crippen LogP contribution in [0.3, 0.4) is 0 Å². The van der Waals surface area contributed by atoms with Gasteiger partial charge in [0.15, 0.2) is 0 Å². The molecule has 2 rings (SSSR count). The van der Waals surface area contributed by atoms with Crippen LogP contribution < -0.4 is 10.6 Å². The van der Waals surface area contributed by atoms with E-state index in [1.54, 1.807) is 0 Å². The Morgan fingerprint density at radius 3 is 2.56 bits per heavy atom. The van der Waals surface area contributed by atoms with Crippen LogP contribution in [-0.4, -0.2) is 50.7 Å². The zero-order chi connectivity index (χ0) is 12.6. The van der Waals surface area contributed by atoms with E-state index in [4.69, 9.17) is 0 Å². The second-order valence-corrected chi connectivity index (χ2v) is 6.28. The Hall–Kier alpha value is -0.120. The Morgan fingerprint density at radius 2 is 1.83 bits per heavy atom. The number of likely N-dealkylation sites (tertiary alicyclic amines) is 1. The topological polar surface area (TPSA) is 27.3 Å². The summed E-state index contributed by atoms with van der Waals surface area (Å²) < 4.78 is 0. The molecule has 0 aliphatic carbocycles. The molecule has 2 aliphatic heterocycles. The predicted octanol–water partition coefficient (Wildman–Crippen LogP) is 1.70. The Labute approximate surface area is 113 Å². The van der Waals surface area contributed by atoms with Crippen LogP contribution in [0.4, 0.5) is 0 Å². The normalized spacial score (nSPS) is 24.5. The largest absolute Gasteiger partial charge is 0.317 e. The maximum Gasteiger partial charge on any atom is -0.000664 e. The average Bonchev–Trinajstić information content (AvgIpc) is 2.42. The summed E-state index contributed by atoms with van der Waals surface area (Å²) in [5.41, 5.74) is 0. The van der Waals surface area contributed by atoms with Crippen molar-refractivity contribution in [2.24, 2.45) is 11.8 Å². The minimum absolute atomic E-state index is 0.919. The molecule has 0 atom stereocenters. The zero-order valence-electron chi connectivity index (χ0n) is 12.1. The molecule has 2 fully saturated rings. The van der Waals surface area contributed by atoms with Gasteiger partial charge in [0.2, 0.25) is 0 Å². The standard InChI is InChI=1S/C15H31N3/c1-14-5-11-18(12-6-14)10-2-7-17-13-15-3-8-16-9-4-15/h14-17H,2-13H2,1H3. The van der Waals surface area contributed by atoms with Gasteiger partial charge in [0.05, 0.1) is 0 Å². The van der Waals surface area contributed by atoms with Crippen molar-refractivity contribution < 1.29 is 0 Å². The van der Waals surface area contributed by atoms with E-state index >= 15 is 0 Å². The van der Waals surface area contributed by atoms with Crippen molar-refractivity contribution in [1.29, 1.82) is 0 Å². The molecule has 0 aromatic rings. The molecule has 0 radical (unpaired) electrons.